The van der Waals surface area contributed by atoms with Crippen molar-refractivity contribution >= 4 is 34.2 Å². The van der Waals surface area contributed by atoms with Gasteiger partial charge in [0.25, 0.3) is 5.91 Å². The summed E-state index contributed by atoms with van der Waals surface area (Å²) in [5.41, 5.74) is 3.88. The number of carbonyl (C=O) groups is 2. The molecule has 2 atom stereocenters. The molecule has 1 aromatic carbocycles. The van der Waals surface area contributed by atoms with E-state index in [1.807, 2.05) is 43.3 Å². The number of fused-ring (bicyclic) bond motifs is 1. The lowest BCUT2D eigenvalue weighted by molar-refractivity contribution is -0.137. The molecule has 11 heteroatoms. The van der Waals surface area contributed by atoms with Crippen molar-refractivity contribution in [3.8, 4) is 17.4 Å². The monoisotopic (exact) mass is 537 g/mol. The van der Waals surface area contributed by atoms with Crippen molar-refractivity contribution in [1.82, 2.24) is 14.6 Å². The van der Waals surface area contributed by atoms with Crippen molar-refractivity contribution in [2.24, 2.45) is 5.92 Å². The van der Waals surface area contributed by atoms with Gasteiger partial charge in [0.2, 0.25) is 5.71 Å². The Bertz CT molecular complexity index is 1410. The molecule has 38 heavy (non-hydrogen) atoms. The van der Waals surface area contributed by atoms with E-state index >= 15 is 0 Å². The number of pyridine rings is 1. The highest BCUT2D eigenvalue weighted by molar-refractivity contribution is 7.76. The minimum absolute atomic E-state index is 0.00388. The number of nitrogens with zero attached hydrogens (tertiary/aromatic N) is 3. The van der Waals surface area contributed by atoms with E-state index in [0.717, 1.165) is 29.5 Å². The maximum absolute atomic E-state index is 12.9. The molecular weight excluding hydrogens is 508 g/mol. The number of nitrogens with one attached hydrogen (secondary N) is 1. The van der Waals surface area contributed by atoms with Crippen molar-refractivity contribution in [1.29, 1.82) is 5.26 Å². The largest absolute Gasteiger partial charge is 0.760 e. The van der Waals surface area contributed by atoms with Gasteiger partial charge in [-0.3, -0.25) is 13.8 Å². The molecule has 2 aromatic heterocycles. The van der Waals surface area contributed by atoms with Crippen LogP contribution in [0.1, 0.15) is 65.2 Å². The number of aryl methyl sites for hydroxylation is 1. The average molecular weight is 538 g/mol. The van der Waals surface area contributed by atoms with Crippen LogP contribution in [0.15, 0.2) is 34.7 Å². The average Bonchev–Trinajstić information content (AvgIpc) is 3.67. The number of furan rings is 1. The van der Waals surface area contributed by atoms with Crippen LogP contribution < -0.4 is 5.32 Å². The van der Waals surface area contributed by atoms with Crippen molar-refractivity contribution in [2.75, 3.05) is 13.6 Å². The molecule has 10 nitrogen and oxygen atoms in total. The summed E-state index contributed by atoms with van der Waals surface area (Å²) in [6.07, 6.45) is 2.21. The summed E-state index contributed by atoms with van der Waals surface area (Å²) in [7, 11) is 1.55. The molecule has 0 aliphatic heterocycles. The van der Waals surface area contributed by atoms with Gasteiger partial charge in [-0.05, 0) is 50.2 Å². The maximum Gasteiger partial charge on any atom is 0.304 e. The van der Waals surface area contributed by atoms with Gasteiger partial charge in [-0.1, -0.05) is 29.8 Å². The molecule has 1 aliphatic rings. The predicted molar refractivity (Wildman–Crippen MR) is 139 cm³/mol. The van der Waals surface area contributed by atoms with Gasteiger partial charge in [0.15, 0.2) is 0 Å². The number of hydrogen-bond acceptors (Lipinski definition) is 7. The number of nitriles is 1. The van der Waals surface area contributed by atoms with E-state index in [9.17, 15) is 18.4 Å². The lowest BCUT2D eigenvalue weighted by atomic mass is 10.0. The Balaban J connectivity index is 1.67. The van der Waals surface area contributed by atoms with Crippen LogP contribution in [-0.2, 0) is 22.6 Å². The number of benzene rings is 1. The van der Waals surface area contributed by atoms with Crippen LogP contribution in [0.25, 0.3) is 22.4 Å². The first-order valence-corrected chi connectivity index (χ1v) is 13.5. The third kappa shape index (κ3) is 6.27. The highest BCUT2D eigenvalue weighted by atomic mass is 32.2. The summed E-state index contributed by atoms with van der Waals surface area (Å²) < 4.78 is 31.4. The lowest BCUT2D eigenvalue weighted by Gasteiger charge is -2.25. The molecule has 1 fully saturated rings. The van der Waals surface area contributed by atoms with Crippen LogP contribution in [-0.4, -0.2) is 48.6 Å². The van der Waals surface area contributed by atoms with Gasteiger partial charge in [0, 0.05) is 30.4 Å². The Labute approximate surface area is 223 Å². The van der Waals surface area contributed by atoms with Gasteiger partial charge in [-0.25, -0.2) is 9.29 Å². The highest BCUT2D eigenvalue weighted by Gasteiger charge is 2.31. The Morgan fingerprint density at radius 2 is 2.05 bits per heavy atom. The molecule has 2 unspecified atom stereocenters. The maximum atomic E-state index is 12.9. The third-order valence-electron chi connectivity index (χ3n) is 6.68. The van der Waals surface area contributed by atoms with Crippen molar-refractivity contribution in [3.63, 3.8) is 0 Å². The summed E-state index contributed by atoms with van der Waals surface area (Å²) in [5, 5.41) is 21.4. The normalized spacial score (nSPS) is 14.8. The first-order chi connectivity index (χ1) is 18.2. The second kappa shape index (κ2) is 11.9. The van der Waals surface area contributed by atoms with Gasteiger partial charge in [-0.2, -0.15) is 5.26 Å². The van der Waals surface area contributed by atoms with E-state index in [1.165, 1.54) is 4.31 Å². The molecule has 4 rings (SSSR count). The molecule has 0 radical (unpaired) electrons. The minimum atomic E-state index is -2.56. The number of carbonyl (C=O) groups excluding carboxylic acids is 1. The van der Waals surface area contributed by atoms with Crippen molar-refractivity contribution in [3.05, 3.63) is 52.7 Å². The van der Waals surface area contributed by atoms with Gasteiger partial charge in [-0.15, -0.1) is 0 Å². The van der Waals surface area contributed by atoms with Crippen LogP contribution in [0.2, 0.25) is 0 Å². The number of carboxylic acids is 1. The molecule has 1 amide bonds. The summed E-state index contributed by atoms with van der Waals surface area (Å²) in [6.45, 7) is 2.09. The molecule has 200 valence electrons. The molecular formula is C27H29N4O6S-. The summed E-state index contributed by atoms with van der Waals surface area (Å²) in [6, 6.07) is 11.5. The quantitative estimate of drug-likeness (QED) is 0.328. The van der Waals surface area contributed by atoms with E-state index in [0.29, 0.717) is 28.8 Å². The lowest BCUT2D eigenvalue weighted by Crippen LogP contribution is -2.28. The third-order valence-corrected chi connectivity index (χ3v) is 7.41. The second-order valence-electron chi connectivity index (χ2n) is 9.55. The number of carboxylic acid groups (broad SMARTS) is 1. The van der Waals surface area contributed by atoms with Crippen LogP contribution in [0.3, 0.4) is 0 Å². The topological polar surface area (TPSA) is 160 Å². The summed E-state index contributed by atoms with van der Waals surface area (Å²) in [4.78, 5) is 28.5. The van der Waals surface area contributed by atoms with Crippen molar-refractivity contribution in [2.45, 2.75) is 51.5 Å². The second-order valence-corrected chi connectivity index (χ2v) is 10.5. The van der Waals surface area contributed by atoms with E-state index < -0.39 is 23.2 Å². The fourth-order valence-corrected chi connectivity index (χ4v) is 5.02. The molecule has 2 N–H and O–H groups in total. The van der Waals surface area contributed by atoms with Crippen molar-refractivity contribution < 1.29 is 27.9 Å². The Morgan fingerprint density at radius 3 is 2.63 bits per heavy atom. The minimum Gasteiger partial charge on any atom is -0.760 e. The zero-order valence-electron chi connectivity index (χ0n) is 21.2. The first-order valence-electron chi connectivity index (χ1n) is 12.4. The summed E-state index contributed by atoms with van der Waals surface area (Å²) >= 11 is -2.56. The smallest absolute Gasteiger partial charge is 0.304 e. The van der Waals surface area contributed by atoms with Gasteiger partial charge in [0.05, 0.1) is 41.6 Å². The molecule has 1 saturated carbocycles. The standard InChI is InChI=1S/C27H30N4O6S/c1-16-5-7-19(8-6-16)25-24(26(34)29-2)21-13-20(18-9-10-18)22(30-27(21)37-25)15-31(38(35)36)11-3-4-17(14-28)12-23(32)33/h5-8,13,17-18H,3-4,9-12,15H2,1-2H3,(H,29,34)(H,32,33)(H,35,36)/p-1. The van der Waals surface area contributed by atoms with E-state index in [4.69, 9.17) is 19.8 Å². The van der Waals surface area contributed by atoms with Gasteiger partial charge >= 0.3 is 5.97 Å². The SMILES string of the molecule is CNC(=O)c1c(-c2ccc(C)cc2)oc2nc(CN(CCCC(C#N)CC(=O)O)S(=O)[O-])c(C3CC3)cc12. The zero-order valence-corrected chi connectivity index (χ0v) is 22.0. The Kier molecular flexibility index (Phi) is 8.56. The zero-order chi connectivity index (χ0) is 27.4. The number of aliphatic carboxylic acids is 1. The van der Waals surface area contributed by atoms with Gasteiger partial charge in [0.1, 0.15) is 5.76 Å². The van der Waals surface area contributed by atoms with E-state index in [-0.39, 0.29) is 43.5 Å². The predicted octanol–water partition coefficient (Wildman–Crippen LogP) is 4.03. The number of amides is 1. The van der Waals surface area contributed by atoms with Crippen LogP contribution in [0, 0.1) is 24.2 Å². The Morgan fingerprint density at radius 1 is 1.34 bits per heavy atom. The molecule has 2 heterocycles. The number of aromatic nitrogens is 1. The van der Waals surface area contributed by atoms with Crippen LogP contribution >= 0.6 is 0 Å². The van der Waals surface area contributed by atoms with E-state index in [1.54, 1.807) is 7.05 Å². The molecule has 3 aromatic rings. The highest BCUT2D eigenvalue weighted by Crippen LogP contribution is 2.44. The molecule has 0 bridgehead atoms. The fourth-order valence-electron chi connectivity index (χ4n) is 4.52. The van der Waals surface area contributed by atoms with Crippen LogP contribution in [0.5, 0.6) is 0 Å². The number of hydrogen-bond donors (Lipinski definition) is 2. The van der Waals surface area contributed by atoms with Crippen LogP contribution in [0.4, 0.5) is 0 Å². The molecule has 0 spiro atoms. The fraction of sp³-hybridized carbons (Fsp3) is 0.407. The Hall–Kier alpha value is -3.59. The molecule has 1 aliphatic carbocycles. The number of rotatable bonds is 12. The van der Waals surface area contributed by atoms with E-state index in [2.05, 4.69) is 5.32 Å². The first kappa shape index (κ1) is 27.4. The van der Waals surface area contributed by atoms with Gasteiger partial charge < -0.3 is 19.4 Å². The summed E-state index contributed by atoms with van der Waals surface area (Å²) in [5.74, 6) is -1.43. The molecule has 0 saturated heterocycles.